The first-order valence-electron chi connectivity index (χ1n) is 7.04. The van der Waals surface area contributed by atoms with E-state index in [4.69, 9.17) is 0 Å². The van der Waals surface area contributed by atoms with Crippen LogP contribution in [0.3, 0.4) is 0 Å². The molecule has 0 aromatic heterocycles. The van der Waals surface area contributed by atoms with Gasteiger partial charge in [-0.15, -0.1) is 0 Å². The van der Waals surface area contributed by atoms with E-state index in [1.54, 1.807) is 24.3 Å². The maximum atomic E-state index is 12.3. The van der Waals surface area contributed by atoms with Gasteiger partial charge in [0.2, 0.25) is 0 Å². The zero-order valence-electron chi connectivity index (χ0n) is 11.4. The highest BCUT2D eigenvalue weighted by Crippen LogP contribution is 2.28. The number of anilines is 1. The average Bonchev–Trinajstić information content (AvgIpc) is 3.02. The number of amides is 2. The number of rotatable bonds is 2. The summed E-state index contributed by atoms with van der Waals surface area (Å²) in [5, 5.41) is 3.38. The first-order valence-corrected chi connectivity index (χ1v) is 7.04. The number of benzene rings is 2. The molecule has 2 aromatic carbocycles. The first-order chi connectivity index (χ1) is 10.2. The minimum absolute atomic E-state index is 0.0876. The van der Waals surface area contributed by atoms with E-state index in [9.17, 15) is 9.59 Å². The van der Waals surface area contributed by atoms with E-state index < -0.39 is 0 Å². The number of carbonyl (C=O) groups is 2. The lowest BCUT2D eigenvalue weighted by Crippen LogP contribution is -2.39. The van der Waals surface area contributed by atoms with E-state index in [-0.39, 0.29) is 17.9 Å². The second-order valence-electron chi connectivity index (χ2n) is 5.47. The molecule has 1 N–H and O–H groups in total. The molecule has 0 spiro atoms. The summed E-state index contributed by atoms with van der Waals surface area (Å²) >= 11 is 0. The Balaban J connectivity index is 1.55. The molecule has 1 atom stereocenters. The van der Waals surface area contributed by atoms with Gasteiger partial charge in [-0.25, -0.2) is 0 Å². The highest BCUT2D eigenvalue weighted by Gasteiger charge is 2.37. The van der Waals surface area contributed by atoms with Crippen molar-refractivity contribution in [3.63, 3.8) is 0 Å². The van der Waals surface area contributed by atoms with Gasteiger partial charge in [-0.1, -0.05) is 30.3 Å². The highest BCUT2D eigenvalue weighted by atomic mass is 16.2. The molecular formula is C17H14N2O2. The summed E-state index contributed by atoms with van der Waals surface area (Å²) in [6.45, 7) is 0.404. The van der Waals surface area contributed by atoms with Crippen LogP contribution < -0.4 is 5.32 Å². The normalized spacial score (nSPS) is 19.4. The third-order valence-corrected chi connectivity index (χ3v) is 4.12. The smallest absolute Gasteiger partial charge is 0.261 e. The number of fused-ring (bicyclic) bond motifs is 2. The van der Waals surface area contributed by atoms with Gasteiger partial charge in [0.25, 0.3) is 11.8 Å². The summed E-state index contributed by atoms with van der Waals surface area (Å²) in [4.78, 5) is 26.0. The zero-order valence-corrected chi connectivity index (χ0v) is 11.4. The van der Waals surface area contributed by atoms with Crippen molar-refractivity contribution < 1.29 is 9.59 Å². The van der Waals surface area contributed by atoms with Gasteiger partial charge in [-0.3, -0.25) is 14.5 Å². The molecule has 2 aromatic rings. The van der Waals surface area contributed by atoms with Gasteiger partial charge in [0.1, 0.15) is 0 Å². The molecule has 21 heavy (non-hydrogen) atoms. The lowest BCUT2D eigenvalue weighted by Gasteiger charge is -2.19. The Bertz CT molecular complexity index is 694. The summed E-state index contributed by atoms with van der Waals surface area (Å²) in [5.41, 5.74) is 3.36. The van der Waals surface area contributed by atoms with Gasteiger partial charge in [0.05, 0.1) is 11.1 Å². The fourth-order valence-electron chi connectivity index (χ4n) is 3.11. The Morgan fingerprint density at radius 3 is 2.24 bits per heavy atom. The van der Waals surface area contributed by atoms with Crippen molar-refractivity contribution in [1.29, 1.82) is 0 Å². The fraction of sp³-hybridized carbons (Fsp3) is 0.176. The topological polar surface area (TPSA) is 49.4 Å². The van der Waals surface area contributed by atoms with Crippen LogP contribution >= 0.6 is 0 Å². The van der Waals surface area contributed by atoms with Crippen molar-refractivity contribution in [3.05, 3.63) is 65.2 Å². The molecule has 0 aliphatic carbocycles. The van der Waals surface area contributed by atoms with Crippen LogP contribution in [0.15, 0.2) is 48.5 Å². The van der Waals surface area contributed by atoms with E-state index in [0.717, 1.165) is 12.1 Å². The number of nitrogens with zero attached hydrogens (tertiary/aromatic N) is 1. The molecule has 0 unspecified atom stereocenters. The van der Waals surface area contributed by atoms with E-state index >= 15 is 0 Å². The third kappa shape index (κ3) is 1.83. The molecule has 0 saturated heterocycles. The standard InChI is InChI=1S/C17H14N2O2/c20-16-13-6-2-3-7-14(13)17(21)19(16)10-12-9-11-5-1-4-8-15(11)18-12/h1-8,12,18H,9-10H2/t12-/m0/s1. The monoisotopic (exact) mass is 278 g/mol. The Hall–Kier alpha value is -2.62. The predicted molar refractivity (Wildman–Crippen MR) is 79.4 cm³/mol. The summed E-state index contributed by atoms with van der Waals surface area (Å²) in [7, 11) is 0. The van der Waals surface area contributed by atoms with E-state index in [2.05, 4.69) is 11.4 Å². The van der Waals surface area contributed by atoms with Gasteiger partial charge >= 0.3 is 0 Å². The maximum Gasteiger partial charge on any atom is 0.261 e. The van der Waals surface area contributed by atoms with Crippen LogP contribution in [0.5, 0.6) is 0 Å². The number of imide groups is 1. The zero-order chi connectivity index (χ0) is 14.4. The molecule has 0 radical (unpaired) electrons. The highest BCUT2D eigenvalue weighted by molar-refractivity contribution is 6.21. The van der Waals surface area contributed by atoms with Gasteiger partial charge in [-0.2, -0.15) is 0 Å². The van der Waals surface area contributed by atoms with Crippen molar-refractivity contribution in [1.82, 2.24) is 4.90 Å². The van der Waals surface area contributed by atoms with Crippen LogP contribution in [0.25, 0.3) is 0 Å². The summed E-state index contributed by atoms with van der Waals surface area (Å²) in [6, 6.07) is 15.2. The Morgan fingerprint density at radius 2 is 1.57 bits per heavy atom. The number of para-hydroxylation sites is 1. The molecule has 2 heterocycles. The Morgan fingerprint density at radius 1 is 0.952 bits per heavy atom. The van der Waals surface area contributed by atoms with Gasteiger partial charge < -0.3 is 5.32 Å². The van der Waals surface area contributed by atoms with Crippen molar-refractivity contribution in [3.8, 4) is 0 Å². The fourth-order valence-corrected chi connectivity index (χ4v) is 3.11. The molecule has 4 rings (SSSR count). The number of carbonyl (C=O) groups excluding carboxylic acids is 2. The Labute approximate surface area is 122 Å². The molecule has 104 valence electrons. The van der Waals surface area contributed by atoms with E-state index in [1.807, 2.05) is 18.2 Å². The summed E-state index contributed by atoms with van der Waals surface area (Å²) in [5.74, 6) is -0.373. The number of hydrogen-bond donors (Lipinski definition) is 1. The van der Waals surface area contributed by atoms with E-state index in [1.165, 1.54) is 10.5 Å². The lowest BCUT2D eigenvalue weighted by molar-refractivity contribution is 0.0648. The summed E-state index contributed by atoms with van der Waals surface area (Å²) in [6.07, 6.45) is 0.837. The van der Waals surface area contributed by atoms with Gasteiger partial charge in [-0.05, 0) is 30.2 Å². The van der Waals surface area contributed by atoms with Crippen LogP contribution in [0.2, 0.25) is 0 Å². The van der Waals surface area contributed by atoms with E-state index in [0.29, 0.717) is 17.7 Å². The van der Waals surface area contributed by atoms with Crippen LogP contribution in [-0.4, -0.2) is 29.3 Å². The van der Waals surface area contributed by atoms with Crippen molar-refractivity contribution in [2.24, 2.45) is 0 Å². The quantitative estimate of drug-likeness (QED) is 0.858. The predicted octanol–water partition coefficient (Wildman–Crippen LogP) is 2.32. The summed E-state index contributed by atoms with van der Waals surface area (Å²) < 4.78 is 0. The van der Waals surface area contributed by atoms with Crippen molar-refractivity contribution in [2.45, 2.75) is 12.5 Å². The molecule has 4 nitrogen and oxygen atoms in total. The van der Waals surface area contributed by atoms with Gasteiger partial charge in [0, 0.05) is 18.3 Å². The number of hydrogen-bond acceptors (Lipinski definition) is 3. The number of nitrogens with one attached hydrogen (secondary N) is 1. The molecule has 0 fully saturated rings. The molecule has 2 amide bonds. The molecule has 0 bridgehead atoms. The lowest BCUT2D eigenvalue weighted by atomic mass is 10.1. The van der Waals surface area contributed by atoms with Crippen LogP contribution in [0, 0.1) is 0 Å². The third-order valence-electron chi connectivity index (χ3n) is 4.12. The van der Waals surface area contributed by atoms with Crippen molar-refractivity contribution >= 4 is 17.5 Å². The maximum absolute atomic E-state index is 12.3. The molecule has 2 aliphatic rings. The van der Waals surface area contributed by atoms with Crippen LogP contribution in [0.4, 0.5) is 5.69 Å². The minimum atomic E-state index is -0.187. The largest absolute Gasteiger partial charge is 0.380 e. The Kier molecular flexibility index (Phi) is 2.57. The minimum Gasteiger partial charge on any atom is -0.380 e. The second kappa shape index (κ2) is 4.45. The van der Waals surface area contributed by atoms with Gasteiger partial charge in [0.15, 0.2) is 0 Å². The SMILES string of the molecule is O=C1c2ccccc2C(=O)N1C[C@@H]1Cc2ccccc2N1. The van der Waals surface area contributed by atoms with Crippen molar-refractivity contribution in [2.75, 3.05) is 11.9 Å². The van der Waals surface area contributed by atoms with Crippen LogP contribution in [-0.2, 0) is 6.42 Å². The molecule has 0 saturated carbocycles. The first kappa shape index (κ1) is 12.1. The van der Waals surface area contributed by atoms with Crippen LogP contribution in [0.1, 0.15) is 26.3 Å². The molecular weight excluding hydrogens is 264 g/mol. The molecule has 4 heteroatoms. The second-order valence-corrected chi connectivity index (χ2v) is 5.47. The average molecular weight is 278 g/mol. The molecule has 2 aliphatic heterocycles.